The zero-order valence-corrected chi connectivity index (χ0v) is 10.2. The molecule has 94 valence electrons. The molecular formula is C12H20N4O. The van der Waals surface area contributed by atoms with Crippen molar-refractivity contribution >= 4 is 0 Å². The molecule has 0 amide bonds. The lowest BCUT2D eigenvalue weighted by Gasteiger charge is -2.28. The molecule has 1 aliphatic heterocycles. The second kappa shape index (κ2) is 6.05. The summed E-state index contributed by atoms with van der Waals surface area (Å²) in [6.45, 7) is 2.35. The summed E-state index contributed by atoms with van der Waals surface area (Å²) in [7, 11) is 2.07. The molecule has 17 heavy (non-hydrogen) atoms. The average Bonchev–Trinajstić information content (AvgIpc) is 2.84. The van der Waals surface area contributed by atoms with Gasteiger partial charge in [0, 0.05) is 25.9 Å². The minimum absolute atomic E-state index is 0.141. The maximum Gasteiger partial charge on any atom is 0.115 e. The highest BCUT2D eigenvalue weighted by molar-refractivity contribution is 5.05. The third kappa shape index (κ3) is 3.21. The van der Waals surface area contributed by atoms with Gasteiger partial charge in [0.2, 0.25) is 0 Å². The summed E-state index contributed by atoms with van der Waals surface area (Å²) in [5, 5.41) is 0. The minimum Gasteiger partial charge on any atom is -0.377 e. The summed E-state index contributed by atoms with van der Waals surface area (Å²) in [5.74, 6) is 0. The van der Waals surface area contributed by atoms with Crippen LogP contribution in [0.3, 0.4) is 0 Å². The van der Waals surface area contributed by atoms with Crippen LogP contribution in [-0.2, 0) is 4.74 Å². The van der Waals surface area contributed by atoms with E-state index in [-0.39, 0.29) is 6.04 Å². The fourth-order valence-corrected chi connectivity index (χ4v) is 2.26. The van der Waals surface area contributed by atoms with Gasteiger partial charge in [0.15, 0.2) is 0 Å². The van der Waals surface area contributed by atoms with E-state index in [4.69, 9.17) is 10.5 Å². The topological polar surface area (TPSA) is 64.3 Å². The van der Waals surface area contributed by atoms with Crippen LogP contribution in [0.1, 0.15) is 24.6 Å². The third-order valence-corrected chi connectivity index (χ3v) is 3.22. The fraction of sp³-hybridized carbons (Fsp3) is 0.667. The molecule has 1 aliphatic rings. The van der Waals surface area contributed by atoms with E-state index >= 15 is 0 Å². The Morgan fingerprint density at radius 2 is 2.53 bits per heavy atom. The molecule has 1 aromatic rings. The molecule has 0 bridgehead atoms. The van der Waals surface area contributed by atoms with Crippen molar-refractivity contribution in [3.05, 3.63) is 24.3 Å². The van der Waals surface area contributed by atoms with Gasteiger partial charge in [-0.3, -0.25) is 4.90 Å². The van der Waals surface area contributed by atoms with E-state index in [0.29, 0.717) is 12.6 Å². The fourth-order valence-electron chi connectivity index (χ4n) is 2.26. The Morgan fingerprint density at radius 1 is 1.65 bits per heavy atom. The molecule has 0 aromatic carbocycles. The van der Waals surface area contributed by atoms with Crippen LogP contribution >= 0.6 is 0 Å². The molecule has 2 N–H and O–H groups in total. The Labute approximate surface area is 102 Å². The van der Waals surface area contributed by atoms with Crippen molar-refractivity contribution < 1.29 is 4.74 Å². The van der Waals surface area contributed by atoms with Gasteiger partial charge in [0.25, 0.3) is 0 Å². The summed E-state index contributed by atoms with van der Waals surface area (Å²) >= 11 is 0. The lowest BCUT2D eigenvalue weighted by molar-refractivity contribution is 0.0683. The zero-order valence-electron chi connectivity index (χ0n) is 10.2. The van der Waals surface area contributed by atoms with Gasteiger partial charge in [-0.05, 0) is 26.0 Å². The van der Waals surface area contributed by atoms with Crippen LogP contribution in [0.2, 0.25) is 0 Å². The highest BCUT2D eigenvalue weighted by Gasteiger charge is 2.22. The largest absolute Gasteiger partial charge is 0.377 e. The Balaban J connectivity index is 1.97. The smallest absolute Gasteiger partial charge is 0.115 e. The van der Waals surface area contributed by atoms with E-state index < -0.39 is 0 Å². The van der Waals surface area contributed by atoms with E-state index in [1.807, 2.05) is 6.07 Å². The third-order valence-electron chi connectivity index (χ3n) is 3.22. The van der Waals surface area contributed by atoms with Gasteiger partial charge < -0.3 is 10.5 Å². The number of ether oxygens (including phenoxy) is 1. The summed E-state index contributed by atoms with van der Waals surface area (Å²) in [4.78, 5) is 10.4. The van der Waals surface area contributed by atoms with Crippen molar-refractivity contribution in [1.29, 1.82) is 0 Å². The van der Waals surface area contributed by atoms with Gasteiger partial charge in [0.05, 0.1) is 17.8 Å². The maximum atomic E-state index is 5.84. The van der Waals surface area contributed by atoms with Gasteiger partial charge >= 0.3 is 0 Å². The van der Waals surface area contributed by atoms with E-state index in [2.05, 4.69) is 21.9 Å². The first kappa shape index (κ1) is 12.4. The number of likely N-dealkylation sites (N-methyl/N-ethyl adjacent to an activating group) is 1. The molecule has 1 fully saturated rings. The quantitative estimate of drug-likeness (QED) is 0.810. The molecule has 1 saturated heterocycles. The summed E-state index contributed by atoms with van der Waals surface area (Å²) in [6, 6.07) is 2.06. The second-order valence-electron chi connectivity index (χ2n) is 4.46. The first-order chi connectivity index (χ1) is 8.31. The van der Waals surface area contributed by atoms with Crippen molar-refractivity contribution in [3.63, 3.8) is 0 Å². The molecule has 2 rings (SSSR count). The van der Waals surface area contributed by atoms with Gasteiger partial charge in [-0.25, -0.2) is 9.97 Å². The molecule has 0 spiro atoms. The maximum absolute atomic E-state index is 5.84. The number of hydrogen-bond acceptors (Lipinski definition) is 5. The summed E-state index contributed by atoms with van der Waals surface area (Å²) in [6.07, 6.45) is 5.98. The van der Waals surface area contributed by atoms with Crippen LogP contribution < -0.4 is 5.73 Å². The van der Waals surface area contributed by atoms with E-state index in [1.165, 1.54) is 6.42 Å². The van der Waals surface area contributed by atoms with Crippen molar-refractivity contribution in [1.82, 2.24) is 14.9 Å². The monoisotopic (exact) mass is 236 g/mol. The van der Waals surface area contributed by atoms with Crippen LogP contribution in [-0.4, -0.2) is 47.7 Å². The molecule has 0 aliphatic carbocycles. The minimum atomic E-state index is 0.141. The highest BCUT2D eigenvalue weighted by atomic mass is 16.5. The zero-order chi connectivity index (χ0) is 12.1. The average molecular weight is 236 g/mol. The predicted octanol–water partition coefficient (Wildman–Crippen LogP) is 0.587. The number of hydrogen-bond donors (Lipinski definition) is 1. The highest BCUT2D eigenvalue weighted by Crippen LogP contribution is 2.19. The normalized spacial score (nSPS) is 21.9. The van der Waals surface area contributed by atoms with E-state index in [0.717, 1.165) is 25.3 Å². The summed E-state index contributed by atoms with van der Waals surface area (Å²) < 4.78 is 5.64. The first-order valence-corrected chi connectivity index (χ1v) is 6.09. The Hall–Kier alpha value is -1.04. The lowest BCUT2D eigenvalue weighted by atomic mass is 10.1. The van der Waals surface area contributed by atoms with Gasteiger partial charge in [-0.2, -0.15) is 0 Å². The molecule has 2 atom stereocenters. The number of nitrogens with zero attached hydrogens (tertiary/aromatic N) is 3. The van der Waals surface area contributed by atoms with Crippen LogP contribution in [0.5, 0.6) is 0 Å². The van der Waals surface area contributed by atoms with Gasteiger partial charge in [-0.15, -0.1) is 0 Å². The van der Waals surface area contributed by atoms with Crippen LogP contribution in [0.4, 0.5) is 0 Å². The molecule has 5 nitrogen and oxygen atoms in total. The number of aromatic nitrogens is 2. The SMILES string of the molecule is CN(CC1CCCO1)C(CN)c1ccncn1. The molecule has 1 aromatic heterocycles. The van der Waals surface area contributed by atoms with Crippen molar-refractivity contribution in [3.8, 4) is 0 Å². The van der Waals surface area contributed by atoms with Crippen molar-refractivity contribution in [2.24, 2.45) is 5.73 Å². The van der Waals surface area contributed by atoms with Crippen LogP contribution in [0.15, 0.2) is 18.6 Å². The standard InChI is InChI=1S/C12H20N4O/c1-16(8-10-3-2-6-17-10)12(7-13)11-4-5-14-9-15-11/h4-5,9-10,12H,2-3,6-8,13H2,1H3. The van der Waals surface area contributed by atoms with Crippen LogP contribution in [0, 0.1) is 0 Å². The van der Waals surface area contributed by atoms with Crippen LogP contribution in [0.25, 0.3) is 0 Å². The number of rotatable bonds is 5. The molecule has 0 saturated carbocycles. The van der Waals surface area contributed by atoms with Crippen molar-refractivity contribution in [2.75, 3.05) is 26.7 Å². The van der Waals surface area contributed by atoms with E-state index in [9.17, 15) is 0 Å². The molecule has 2 unspecified atom stereocenters. The Bertz CT molecular complexity index is 327. The Morgan fingerprint density at radius 3 is 3.12 bits per heavy atom. The Kier molecular flexibility index (Phi) is 4.42. The first-order valence-electron chi connectivity index (χ1n) is 6.09. The molecule has 2 heterocycles. The van der Waals surface area contributed by atoms with Crippen molar-refractivity contribution in [2.45, 2.75) is 25.0 Å². The summed E-state index contributed by atoms with van der Waals surface area (Å²) in [5.41, 5.74) is 6.81. The second-order valence-corrected chi connectivity index (χ2v) is 4.46. The molecule has 0 radical (unpaired) electrons. The number of nitrogens with two attached hydrogens (primary N) is 1. The van der Waals surface area contributed by atoms with Gasteiger partial charge in [0.1, 0.15) is 6.33 Å². The predicted molar refractivity (Wildman–Crippen MR) is 65.4 cm³/mol. The van der Waals surface area contributed by atoms with E-state index in [1.54, 1.807) is 12.5 Å². The lowest BCUT2D eigenvalue weighted by Crippen LogP contribution is -2.36. The molecule has 5 heteroatoms. The van der Waals surface area contributed by atoms with Gasteiger partial charge in [-0.1, -0.05) is 0 Å². The molecular weight excluding hydrogens is 216 g/mol.